The lowest BCUT2D eigenvalue weighted by Crippen LogP contribution is -2.14. The molecule has 0 unspecified atom stereocenters. The Kier molecular flexibility index (Phi) is 4.67. The van der Waals surface area contributed by atoms with E-state index in [-0.39, 0.29) is 10.6 Å². The fourth-order valence-corrected chi connectivity index (χ4v) is 5.42. The second-order valence-corrected chi connectivity index (χ2v) is 9.11. The highest BCUT2D eigenvalue weighted by Crippen LogP contribution is 2.36. The van der Waals surface area contributed by atoms with Gasteiger partial charge in [0.25, 0.3) is 10.0 Å². The maximum absolute atomic E-state index is 14.7. The monoisotopic (exact) mass is 449 g/mol. The number of rotatable bonds is 4. The summed E-state index contributed by atoms with van der Waals surface area (Å²) in [4.78, 5) is 0.0196. The predicted molar refractivity (Wildman–Crippen MR) is 119 cm³/mol. The average molecular weight is 449 g/mol. The van der Waals surface area contributed by atoms with Crippen LogP contribution in [0.3, 0.4) is 0 Å². The molecule has 32 heavy (non-hydrogen) atoms. The van der Waals surface area contributed by atoms with E-state index in [2.05, 4.69) is 5.10 Å². The third kappa shape index (κ3) is 3.11. The number of hydrogen-bond donors (Lipinski definition) is 0. The van der Waals surface area contributed by atoms with Gasteiger partial charge >= 0.3 is 0 Å². The fraction of sp³-hybridized carbons (Fsp3) is 0.0417. The van der Waals surface area contributed by atoms with Crippen molar-refractivity contribution in [3.05, 3.63) is 96.7 Å². The van der Waals surface area contributed by atoms with Crippen LogP contribution in [0.4, 0.5) is 8.78 Å². The molecule has 0 amide bonds. The number of hydrogen-bond acceptors (Lipinski definition) is 3. The zero-order valence-electron chi connectivity index (χ0n) is 16.9. The normalized spacial score (nSPS) is 11.8. The van der Waals surface area contributed by atoms with Crippen LogP contribution in [-0.2, 0) is 17.1 Å². The minimum Gasteiger partial charge on any atom is -0.268 e. The molecule has 2 heterocycles. The topological polar surface area (TPSA) is 56.9 Å². The Balaban J connectivity index is 1.85. The molecule has 0 saturated heterocycles. The van der Waals surface area contributed by atoms with Crippen LogP contribution < -0.4 is 0 Å². The van der Waals surface area contributed by atoms with E-state index in [1.54, 1.807) is 54.3 Å². The summed E-state index contributed by atoms with van der Waals surface area (Å²) in [5, 5.41) is 4.69. The van der Waals surface area contributed by atoms with Gasteiger partial charge in [0, 0.05) is 24.2 Å². The molecule has 0 N–H and O–H groups in total. The number of nitrogens with zero attached hydrogens (tertiary/aromatic N) is 3. The van der Waals surface area contributed by atoms with Gasteiger partial charge in [-0.05, 0) is 48.5 Å². The molecule has 5 nitrogen and oxygen atoms in total. The molecule has 8 heteroatoms. The van der Waals surface area contributed by atoms with E-state index in [9.17, 15) is 17.2 Å². The quantitative estimate of drug-likeness (QED) is 0.378. The van der Waals surface area contributed by atoms with Gasteiger partial charge in [0.1, 0.15) is 11.6 Å². The Labute approximate surface area is 183 Å². The van der Waals surface area contributed by atoms with E-state index < -0.39 is 27.2 Å². The van der Waals surface area contributed by atoms with Crippen LogP contribution in [0.2, 0.25) is 0 Å². The molecule has 160 valence electrons. The van der Waals surface area contributed by atoms with Crippen molar-refractivity contribution >= 4 is 20.9 Å². The Hall–Kier alpha value is -3.78. The first-order valence-corrected chi connectivity index (χ1v) is 11.2. The average Bonchev–Trinajstić information content (AvgIpc) is 3.37. The number of fused-ring (bicyclic) bond motifs is 1. The second-order valence-electron chi connectivity index (χ2n) is 7.32. The molecule has 0 aliphatic carbocycles. The molecule has 2 aromatic heterocycles. The van der Waals surface area contributed by atoms with Crippen LogP contribution in [0.15, 0.2) is 90.0 Å². The summed E-state index contributed by atoms with van der Waals surface area (Å²) in [6, 6.07) is 19.8. The van der Waals surface area contributed by atoms with Gasteiger partial charge in [-0.2, -0.15) is 5.10 Å². The van der Waals surface area contributed by atoms with Gasteiger partial charge in [-0.1, -0.05) is 30.3 Å². The van der Waals surface area contributed by atoms with E-state index in [1.165, 1.54) is 24.3 Å². The van der Waals surface area contributed by atoms with Crippen LogP contribution in [0, 0.1) is 11.6 Å². The second kappa shape index (κ2) is 7.42. The summed E-state index contributed by atoms with van der Waals surface area (Å²) < 4.78 is 59.4. The Bertz CT molecular complexity index is 1550. The van der Waals surface area contributed by atoms with E-state index in [4.69, 9.17) is 0 Å². The SMILES string of the molecule is Cn1nccc1-c1ccc2c(c1)cc(-c1c(F)cccc1F)n2S(=O)(=O)c1ccccc1. The summed E-state index contributed by atoms with van der Waals surface area (Å²) in [5.74, 6) is -1.69. The first-order valence-electron chi connectivity index (χ1n) is 9.77. The minimum atomic E-state index is -4.14. The number of aryl methyl sites for hydroxylation is 1. The van der Waals surface area contributed by atoms with E-state index in [0.717, 1.165) is 27.4 Å². The van der Waals surface area contributed by atoms with Gasteiger partial charge in [-0.15, -0.1) is 0 Å². The lowest BCUT2D eigenvalue weighted by Gasteiger charge is -2.13. The maximum atomic E-state index is 14.7. The van der Waals surface area contributed by atoms with Gasteiger partial charge in [0.2, 0.25) is 0 Å². The fourth-order valence-electron chi connectivity index (χ4n) is 3.88. The van der Waals surface area contributed by atoms with E-state index in [1.807, 2.05) is 6.07 Å². The van der Waals surface area contributed by atoms with Crippen LogP contribution >= 0.6 is 0 Å². The van der Waals surface area contributed by atoms with Crippen LogP contribution in [0.1, 0.15) is 0 Å². The van der Waals surface area contributed by atoms with Crippen molar-refractivity contribution in [3.8, 4) is 22.5 Å². The van der Waals surface area contributed by atoms with Crippen molar-refractivity contribution in [2.24, 2.45) is 7.05 Å². The molecule has 3 aromatic carbocycles. The molecule has 0 radical (unpaired) electrons. The third-order valence-electron chi connectivity index (χ3n) is 5.37. The Morgan fingerprint density at radius 2 is 1.53 bits per heavy atom. The van der Waals surface area contributed by atoms with Gasteiger partial charge in [-0.25, -0.2) is 21.2 Å². The zero-order valence-corrected chi connectivity index (χ0v) is 17.7. The highest BCUT2D eigenvalue weighted by atomic mass is 32.2. The molecular formula is C24H17F2N3O2S. The zero-order chi connectivity index (χ0) is 22.5. The Morgan fingerprint density at radius 1 is 0.812 bits per heavy atom. The number of benzene rings is 3. The highest BCUT2D eigenvalue weighted by molar-refractivity contribution is 7.90. The molecule has 0 aliphatic heterocycles. The minimum absolute atomic E-state index is 0.0196. The van der Waals surface area contributed by atoms with Crippen LogP contribution in [0.25, 0.3) is 33.4 Å². The number of aromatic nitrogens is 3. The summed E-state index contributed by atoms with van der Waals surface area (Å²) >= 11 is 0. The third-order valence-corrected chi connectivity index (χ3v) is 7.12. The molecular weight excluding hydrogens is 432 g/mol. The van der Waals surface area contributed by atoms with Crippen molar-refractivity contribution in [2.45, 2.75) is 4.90 Å². The van der Waals surface area contributed by atoms with Crippen molar-refractivity contribution in [3.63, 3.8) is 0 Å². The smallest absolute Gasteiger partial charge is 0.268 e. The lowest BCUT2D eigenvalue weighted by molar-refractivity contribution is 0.583. The molecule has 0 saturated carbocycles. The first-order chi connectivity index (χ1) is 15.4. The maximum Gasteiger partial charge on any atom is 0.268 e. The lowest BCUT2D eigenvalue weighted by atomic mass is 10.1. The predicted octanol–water partition coefficient (Wildman–Crippen LogP) is 5.22. The summed E-state index contributed by atoms with van der Waals surface area (Å²) in [7, 11) is -2.35. The Morgan fingerprint density at radius 3 is 2.19 bits per heavy atom. The molecule has 5 aromatic rings. The number of halogens is 2. The van der Waals surface area contributed by atoms with E-state index in [0.29, 0.717) is 10.9 Å². The van der Waals surface area contributed by atoms with Crippen molar-refractivity contribution in [1.29, 1.82) is 0 Å². The molecule has 0 atom stereocenters. The molecule has 0 fully saturated rings. The van der Waals surface area contributed by atoms with Crippen molar-refractivity contribution in [1.82, 2.24) is 13.8 Å². The molecule has 0 bridgehead atoms. The van der Waals surface area contributed by atoms with Gasteiger partial charge in [-0.3, -0.25) is 4.68 Å². The first kappa shape index (κ1) is 20.1. The summed E-state index contributed by atoms with van der Waals surface area (Å²) in [6.45, 7) is 0. The molecule has 0 aliphatic rings. The van der Waals surface area contributed by atoms with Crippen molar-refractivity contribution in [2.75, 3.05) is 0 Å². The summed E-state index contributed by atoms with van der Waals surface area (Å²) in [5.41, 5.74) is 1.46. The van der Waals surface area contributed by atoms with Gasteiger partial charge < -0.3 is 0 Å². The van der Waals surface area contributed by atoms with E-state index >= 15 is 0 Å². The van der Waals surface area contributed by atoms with Crippen LogP contribution in [0.5, 0.6) is 0 Å². The molecule has 0 spiro atoms. The van der Waals surface area contributed by atoms with Crippen molar-refractivity contribution < 1.29 is 17.2 Å². The molecule has 5 rings (SSSR count). The van der Waals surface area contributed by atoms with Gasteiger partial charge in [0.15, 0.2) is 0 Å². The standard InChI is InChI=1S/C24H17F2N3O2S/c1-28-21(12-13-27-28)16-10-11-22-17(14-16)15-23(24-19(25)8-5-9-20(24)26)29(22)32(30,31)18-6-3-2-4-7-18/h2-15H,1H3. The highest BCUT2D eigenvalue weighted by Gasteiger charge is 2.27. The summed E-state index contributed by atoms with van der Waals surface area (Å²) in [6.07, 6.45) is 1.66. The van der Waals surface area contributed by atoms with Gasteiger partial charge in [0.05, 0.1) is 27.4 Å². The van der Waals surface area contributed by atoms with Crippen LogP contribution in [-0.4, -0.2) is 22.2 Å². The largest absolute Gasteiger partial charge is 0.268 e.